The lowest BCUT2D eigenvalue weighted by atomic mass is 10.3. The van der Waals surface area contributed by atoms with Gasteiger partial charge in [-0.25, -0.2) is 0 Å². The molecule has 0 atom stereocenters. The van der Waals surface area contributed by atoms with E-state index in [1.165, 1.54) is 14.2 Å². The van der Waals surface area contributed by atoms with Gasteiger partial charge in [-0.1, -0.05) is 6.58 Å². The molecule has 10 heavy (non-hydrogen) atoms. The van der Waals surface area contributed by atoms with Crippen LogP contribution in [0.3, 0.4) is 0 Å². The molecule has 0 aromatic carbocycles. The number of hydrogen-bond acceptors (Lipinski definition) is 3. The molecule has 0 radical (unpaired) electrons. The van der Waals surface area contributed by atoms with Crippen molar-refractivity contribution in [2.75, 3.05) is 14.2 Å². The topological polar surface area (TPSA) is 61.6 Å². The largest absolute Gasteiger partial charge is 0.366 e. The fraction of sp³-hybridized carbons (Fsp3) is 0.500. The third-order valence-corrected chi connectivity index (χ3v) is 1.03. The Morgan fingerprint density at radius 2 is 1.90 bits per heavy atom. The van der Waals surface area contributed by atoms with Gasteiger partial charge in [0.2, 0.25) is 5.91 Å². The van der Waals surface area contributed by atoms with Gasteiger partial charge in [0.1, 0.15) is 0 Å². The summed E-state index contributed by atoms with van der Waals surface area (Å²) >= 11 is 0. The Balaban J connectivity index is 4.02. The fourth-order valence-corrected chi connectivity index (χ4v) is 0.497. The van der Waals surface area contributed by atoms with Crippen LogP contribution in [0.25, 0.3) is 0 Å². The van der Waals surface area contributed by atoms with E-state index in [0.717, 1.165) is 0 Å². The van der Waals surface area contributed by atoms with Crippen molar-refractivity contribution in [2.45, 2.75) is 6.29 Å². The maximum atomic E-state index is 10.4. The number of nitrogens with two attached hydrogens (primary N) is 1. The first-order valence-corrected chi connectivity index (χ1v) is 2.67. The zero-order valence-electron chi connectivity index (χ0n) is 6.09. The van der Waals surface area contributed by atoms with Crippen molar-refractivity contribution in [3.8, 4) is 0 Å². The second kappa shape index (κ2) is 4.03. The summed E-state index contributed by atoms with van der Waals surface area (Å²) in [6, 6.07) is 0. The molecule has 0 rings (SSSR count). The standard InChI is InChI=1S/C6H11NO3/c1-4(5(7)8)6(9-2)10-3/h6H,1H2,2-3H3,(H2,7,8). The predicted octanol–water partition coefficient (Wildman–Crippen LogP) is -0.353. The van der Waals surface area contributed by atoms with E-state index in [1.807, 2.05) is 0 Å². The van der Waals surface area contributed by atoms with Gasteiger partial charge in [-0.3, -0.25) is 4.79 Å². The summed E-state index contributed by atoms with van der Waals surface area (Å²) in [5, 5.41) is 0. The molecule has 0 fully saturated rings. The quantitative estimate of drug-likeness (QED) is 0.434. The smallest absolute Gasteiger partial charge is 0.249 e. The summed E-state index contributed by atoms with van der Waals surface area (Å²) in [7, 11) is 2.81. The number of carbonyl (C=O) groups excluding carboxylic acids is 1. The zero-order valence-corrected chi connectivity index (χ0v) is 6.09. The van der Waals surface area contributed by atoms with Gasteiger partial charge in [-0.05, 0) is 0 Å². The van der Waals surface area contributed by atoms with Gasteiger partial charge in [-0.15, -0.1) is 0 Å². The van der Waals surface area contributed by atoms with Crippen LogP contribution in [-0.2, 0) is 14.3 Å². The van der Waals surface area contributed by atoms with E-state index >= 15 is 0 Å². The Morgan fingerprint density at radius 1 is 1.50 bits per heavy atom. The van der Waals surface area contributed by atoms with E-state index in [0.29, 0.717) is 0 Å². The highest BCUT2D eigenvalue weighted by Crippen LogP contribution is 2.02. The SMILES string of the molecule is C=C(C(N)=O)C(OC)OC. The third-order valence-electron chi connectivity index (χ3n) is 1.03. The van der Waals surface area contributed by atoms with Gasteiger partial charge in [0.25, 0.3) is 0 Å². The first-order valence-electron chi connectivity index (χ1n) is 2.67. The van der Waals surface area contributed by atoms with Crippen molar-refractivity contribution in [3.63, 3.8) is 0 Å². The molecule has 4 heteroatoms. The van der Waals surface area contributed by atoms with Crippen LogP contribution < -0.4 is 5.73 Å². The molecule has 1 amide bonds. The van der Waals surface area contributed by atoms with E-state index in [2.05, 4.69) is 6.58 Å². The monoisotopic (exact) mass is 145 g/mol. The second-order valence-electron chi connectivity index (χ2n) is 1.69. The van der Waals surface area contributed by atoms with Crippen molar-refractivity contribution in [2.24, 2.45) is 5.73 Å². The Hall–Kier alpha value is -0.870. The Morgan fingerprint density at radius 3 is 2.00 bits per heavy atom. The number of carbonyl (C=O) groups is 1. The molecular formula is C6H11NO3. The highest BCUT2D eigenvalue weighted by molar-refractivity contribution is 5.91. The molecule has 0 heterocycles. The average Bonchev–Trinajstić information content (AvgIpc) is 1.90. The zero-order chi connectivity index (χ0) is 8.15. The van der Waals surface area contributed by atoms with Gasteiger partial charge in [0, 0.05) is 14.2 Å². The molecule has 0 spiro atoms. The number of ether oxygens (including phenoxy) is 2. The first-order chi connectivity index (χ1) is 4.63. The highest BCUT2D eigenvalue weighted by Gasteiger charge is 2.14. The predicted molar refractivity (Wildman–Crippen MR) is 36.1 cm³/mol. The maximum Gasteiger partial charge on any atom is 0.249 e. The van der Waals surface area contributed by atoms with Crippen molar-refractivity contribution in [1.29, 1.82) is 0 Å². The van der Waals surface area contributed by atoms with Crippen molar-refractivity contribution in [1.82, 2.24) is 0 Å². The minimum absolute atomic E-state index is 0.116. The maximum absolute atomic E-state index is 10.4. The minimum Gasteiger partial charge on any atom is -0.366 e. The lowest BCUT2D eigenvalue weighted by molar-refractivity contribution is -0.122. The Bertz CT molecular complexity index is 140. The number of amides is 1. The van der Waals surface area contributed by atoms with E-state index < -0.39 is 12.2 Å². The van der Waals surface area contributed by atoms with Gasteiger partial charge in [0.05, 0.1) is 5.57 Å². The molecule has 58 valence electrons. The summed E-state index contributed by atoms with van der Waals surface area (Å²) in [6.45, 7) is 3.37. The molecular weight excluding hydrogens is 134 g/mol. The highest BCUT2D eigenvalue weighted by atomic mass is 16.7. The van der Waals surface area contributed by atoms with Crippen LogP contribution in [0, 0.1) is 0 Å². The summed E-state index contributed by atoms with van der Waals surface area (Å²) in [5.41, 5.74) is 5.01. The molecule has 4 nitrogen and oxygen atoms in total. The Kier molecular flexibility index (Phi) is 3.68. The molecule has 2 N–H and O–H groups in total. The van der Waals surface area contributed by atoms with Gasteiger partial charge < -0.3 is 15.2 Å². The molecule has 0 aliphatic carbocycles. The molecule has 0 saturated heterocycles. The van der Waals surface area contributed by atoms with Crippen LogP contribution in [-0.4, -0.2) is 26.4 Å². The molecule has 0 aromatic rings. The minimum atomic E-state index is -0.725. The summed E-state index contributed by atoms with van der Waals surface area (Å²) < 4.78 is 9.40. The molecule has 0 aliphatic rings. The van der Waals surface area contributed by atoms with Crippen molar-refractivity contribution in [3.05, 3.63) is 12.2 Å². The van der Waals surface area contributed by atoms with Crippen LogP contribution in [0.5, 0.6) is 0 Å². The van der Waals surface area contributed by atoms with E-state index in [4.69, 9.17) is 15.2 Å². The lowest BCUT2D eigenvalue weighted by Crippen LogP contribution is -2.26. The molecule has 0 saturated carbocycles. The van der Waals surface area contributed by atoms with E-state index in [1.54, 1.807) is 0 Å². The molecule has 0 aliphatic heterocycles. The van der Waals surface area contributed by atoms with Crippen LogP contribution in [0.2, 0.25) is 0 Å². The van der Waals surface area contributed by atoms with Crippen LogP contribution >= 0.6 is 0 Å². The molecule has 0 bridgehead atoms. The second-order valence-corrected chi connectivity index (χ2v) is 1.69. The number of hydrogen-bond donors (Lipinski definition) is 1. The van der Waals surface area contributed by atoms with Crippen molar-refractivity contribution >= 4 is 5.91 Å². The summed E-state index contributed by atoms with van der Waals surface area (Å²) in [4.78, 5) is 10.4. The van der Waals surface area contributed by atoms with Gasteiger partial charge in [0.15, 0.2) is 6.29 Å². The number of methoxy groups -OCH3 is 2. The molecule has 0 aromatic heterocycles. The lowest BCUT2D eigenvalue weighted by Gasteiger charge is -2.12. The number of primary amides is 1. The van der Waals surface area contributed by atoms with E-state index in [-0.39, 0.29) is 5.57 Å². The van der Waals surface area contributed by atoms with Gasteiger partial charge >= 0.3 is 0 Å². The van der Waals surface area contributed by atoms with Crippen molar-refractivity contribution < 1.29 is 14.3 Å². The van der Waals surface area contributed by atoms with Gasteiger partial charge in [-0.2, -0.15) is 0 Å². The van der Waals surface area contributed by atoms with Crippen LogP contribution in [0.1, 0.15) is 0 Å². The first kappa shape index (κ1) is 9.13. The average molecular weight is 145 g/mol. The molecule has 0 unspecified atom stereocenters. The summed E-state index contributed by atoms with van der Waals surface area (Å²) in [5.74, 6) is -0.617. The van der Waals surface area contributed by atoms with Crippen LogP contribution in [0.4, 0.5) is 0 Å². The number of rotatable bonds is 4. The Labute approximate surface area is 59.6 Å². The fourth-order valence-electron chi connectivity index (χ4n) is 0.497. The van der Waals surface area contributed by atoms with E-state index in [9.17, 15) is 4.79 Å². The third kappa shape index (κ3) is 2.16. The van der Waals surface area contributed by atoms with Crippen LogP contribution in [0.15, 0.2) is 12.2 Å². The summed E-state index contributed by atoms with van der Waals surface area (Å²) in [6.07, 6.45) is -0.725. The normalized spacial score (nSPS) is 9.90.